The molecule has 3 nitrogen and oxygen atoms in total. The summed E-state index contributed by atoms with van der Waals surface area (Å²) in [6, 6.07) is 0. The van der Waals surface area contributed by atoms with E-state index in [0.717, 1.165) is 37.9 Å². The van der Waals surface area contributed by atoms with E-state index in [4.69, 9.17) is 9.73 Å². The molecule has 19 heavy (non-hydrogen) atoms. The minimum atomic E-state index is 0.533. The van der Waals surface area contributed by atoms with Crippen molar-refractivity contribution in [2.45, 2.75) is 51.9 Å². The fourth-order valence-electron chi connectivity index (χ4n) is 2.84. The Hall–Kier alpha value is -0.220. The van der Waals surface area contributed by atoms with Crippen molar-refractivity contribution in [1.29, 1.82) is 0 Å². The Labute approximate surface area is 122 Å². The van der Waals surface area contributed by atoms with Crippen molar-refractivity contribution < 1.29 is 4.74 Å². The summed E-state index contributed by atoms with van der Waals surface area (Å²) in [5, 5.41) is 4.54. The number of unbranched alkanes of at least 4 members (excludes halogenated alkanes) is 1. The molecule has 1 N–H and O–H groups in total. The van der Waals surface area contributed by atoms with Crippen molar-refractivity contribution in [3.8, 4) is 0 Å². The van der Waals surface area contributed by atoms with Crippen LogP contribution in [0.25, 0.3) is 0 Å². The molecule has 2 rings (SSSR count). The number of rotatable bonds is 6. The van der Waals surface area contributed by atoms with Gasteiger partial charge in [0.1, 0.15) is 0 Å². The molecule has 0 saturated heterocycles. The van der Waals surface area contributed by atoms with Gasteiger partial charge in [-0.05, 0) is 24.7 Å². The minimum absolute atomic E-state index is 0.533. The average Bonchev–Trinajstić information content (AvgIpc) is 2.46. The Kier molecular flexibility index (Phi) is 6.51. The molecule has 1 spiro atoms. The van der Waals surface area contributed by atoms with Gasteiger partial charge in [-0.15, -0.1) is 0 Å². The Morgan fingerprint density at radius 3 is 2.79 bits per heavy atom. The summed E-state index contributed by atoms with van der Waals surface area (Å²) >= 11 is 1.92. The second-order valence-electron chi connectivity index (χ2n) is 5.86. The number of hydrogen-bond donors (Lipinski definition) is 1. The summed E-state index contributed by atoms with van der Waals surface area (Å²) < 4.78 is 5.55. The van der Waals surface area contributed by atoms with E-state index < -0.39 is 0 Å². The van der Waals surface area contributed by atoms with E-state index in [2.05, 4.69) is 12.2 Å². The smallest absolute Gasteiger partial charge is 0.156 e. The average molecular weight is 284 g/mol. The lowest BCUT2D eigenvalue weighted by molar-refractivity contribution is 0.136. The number of aliphatic imine (C=N–C) groups is 1. The van der Waals surface area contributed by atoms with Gasteiger partial charge in [0.2, 0.25) is 0 Å². The Balaban J connectivity index is 1.61. The largest absolute Gasteiger partial charge is 0.380 e. The van der Waals surface area contributed by atoms with Crippen LogP contribution in [0.15, 0.2) is 4.99 Å². The summed E-state index contributed by atoms with van der Waals surface area (Å²) in [6.07, 6.45) is 9.38. The van der Waals surface area contributed by atoms with Crippen molar-refractivity contribution in [2.75, 3.05) is 32.1 Å². The van der Waals surface area contributed by atoms with Gasteiger partial charge in [-0.25, -0.2) is 0 Å². The predicted molar refractivity (Wildman–Crippen MR) is 84.0 cm³/mol. The molecule has 0 aromatic heterocycles. The third kappa shape index (κ3) is 4.99. The molecule has 0 atom stereocenters. The highest BCUT2D eigenvalue weighted by atomic mass is 32.2. The molecular formula is C15H28N2OS. The predicted octanol–water partition coefficient (Wildman–Crippen LogP) is 3.45. The maximum Gasteiger partial charge on any atom is 0.156 e. The Morgan fingerprint density at radius 1 is 1.26 bits per heavy atom. The highest BCUT2D eigenvalue weighted by Gasteiger charge is 2.34. The zero-order valence-electron chi connectivity index (χ0n) is 12.2. The van der Waals surface area contributed by atoms with Gasteiger partial charge in [0.25, 0.3) is 0 Å². The van der Waals surface area contributed by atoms with Crippen molar-refractivity contribution in [3.05, 3.63) is 0 Å². The van der Waals surface area contributed by atoms with Crippen molar-refractivity contribution in [3.63, 3.8) is 0 Å². The van der Waals surface area contributed by atoms with Gasteiger partial charge < -0.3 is 10.1 Å². The summed E-state index contributed by atoms with van der Waals surface area (Å²) in [7, 11) is 0. The van der Waals surface area contributed by atoms with Crippen LogP contribution in [0.5, 0.6) is 0 Å². The molecule has 2 aliphatic rings. The number of amidine groups is 1. The van der Waals surface area contributed by atoms with Crippen LogP contribution in [0, 0.1) is 5.41 Å². The van der Waals surface area contributed by atoms with E-state index in [1.165, 1.54) is 44.3 Å². The second kappa shape index (κ2) is 8.15. The topological polar surface area (TPSA) is 33.6 Å². The highest BCUT2D eigenvalue weighted by molar-refractivity contribution is 8.13. The van der Waals surface area contributed by atoms with Crippen LogP contribution in [0.1, 0.15) is 51.9 Å². The molecule has 1 aliphatic carbocycles. The van der Waals surface area contributed by atoms with Gasteiger partial charge in [0, 0.05) is 25.4 Å². The van der Waals surface area contributed by atoms with Crippen LogP contribution in [-0.2, 0) is 4.74 Å². The molecule has 1 fully saturated rings. The summed E-state index contributed by atoms with van der Waals surface area (Å²) in [6.45, 7) is 5.81. The number of nitrogens with zero attached hydrogens (tertiary/aromatic N) is 1. The van der Waals surface area contributed by atoms with Gasteiger partial charge in [0.05, 0.1) is 6.61 Å². The molecule has 1 aliphatic heterocycles. The SMILES string of the molecule is CCCCOCCNC1=NCC2(CCCCC2)CS1. The third-order valence-corrected chi connectivity index (χ3v) is 5.46. The standard InChI is InChI=1S/C15H28N2OS/c1-2-3-10-18-11-9-16-14-17-12-15(13-19-14)7-5-4-6-8-15/h2-13H2,1H3,(H,16,17). The molecule has 0 radical (unpaired) electrons. The van der Waals surface area contributed by atoms with E-state index in [-0.39, 0.29) is 0 Å². The van der Waals surface area contributed by atoms with Gasteiger partial charge >= 0.3 is 0 Å². The Morgan fingerprint density at radius 2 is 2.11 bits per heavy atom. The number of ether oxygens (including phenoxy) is 1. The summed E-state index contributed by atoms with van der Waals surface area (Å²) in [4.78, 5) is 4.75. The van der Waals surface area contributed by atoms with Gasteiger partial charge in [-0.1, -0.05) is 44.4 Å². The van der Waals surface area contributed by atoms with E-state index >= 15 is 0 Å². The van der Waals surface area contributed by atoms with Gasteiger partial charge in [-0.3, -0.25) is 4.99 Å². The van der Waals surface area contributed by atoms with Crippen molar-refractivity contribution in [1.82, 2.24) is 5.32 Å². The monoisotopic (exact) mass is 284 g/mol. The Bertz CT molecular complexity index is 288. The maximum absolute atomic E-state index is 5.55. The fraction of sp³-hybridized carbons (Fsp3) is 0.933. The van der Waals surface area contributed by atoms with Crippen molar-refractivity contribution in [2.24, 2.45) is 10.4 Å². The van der Waals surface area contributed by atoms with Crippen LogP contribution < -0.4 is 5.32 Å². The summed E-state index contributed by atoms with van der Waals surface area (Å²) in [5.41, 5.74) is 0.533. The maximum atomic E-state index is 5.55. The van der Waals surface area contributed by atoms with Gasteiger partial charge in [-0.2, -0.15) is 0 Å². The number of thioether (sulfide) groups is 1. The quantitative estimate of drug-likeness (QED) is 0.759. The lowest BCUT2D eigenvalue weighted by atomic mass is 9.75. The molecule has 1 saturated carbocycles. The van der Waals surface area contributed by atoms with E-state index in [1.54, 1.807) is 0 Å². The number of hydrogen-bond acceptors (Lipinski definition) is 4. The molecule has 110 valence electrons. The lowest BCUT2D eigenvalue weighted by Gasteiger charge is -2.38. The third-order valence-electron chi connectivity index (χ3n) is 4.15. The molecule has 0 bridgehead atoms. The zero-order valence-corrected chi connectivity index (χ0v) is 13.1. The van der Waals surface area contributed by atoms with E-state index in [0.29, 0.717) is 5.41 Å². The van der Waals surface area contributed by atoms with Crippen LogP contribution in [-0.4, -0.2) is 37.2 Å². The first-order chi connectivity index (χ1) is 9.35. The van der Waals surface area contributed by atoms with E-state index in [9.17, 15) is 0 Å². The van der Waals surface area contributed by atoms with Crippen LogP contribution in [0.3, 0.4) is 0 Å². The molecule has 0 unspecified atom stereocenters. The fourth-order valence-corrected chi connectivity index (χ4v) is 4.02. The van der Waals surface area contributed by atoms with E-state index in [1.807, 2.05) is 11.8 Å². The second-order valence-corrected chi connectivity index (χ2v) is 6.83. The van der Waals surface area contributed by atoms with Gasteiger partial charge in [0.15, 0.2) is 5.17 Å². The van der Waals surface area contributed by atoms with Crippen molar-refractivity contribution >= 4 is 16.9 Å². The first kappa shape index (κ1) is 15.2. The highest BCUT2D eigenvalue weighted by Crippen LogP contribution is 2.41. The molecule has 0 aromatic carbocycles. The number of nitrogens with one attached hydrogen (secondary N) is 1. The molecule has 4 heteroatoms. The molecule has 0 amide bonds. The first-order valence-electron chi connectivity index (χ1n) is 7.83. The molecular weight excluding hydrogens is 256 g/mol. The normalized spacial score (nSPS) is 22.3. The summed E-state index contributed by atoms with van der Waals surface area (Å²) in [5.74, 6) is 1.26. The minimum Gasteiger partial charge on any atom is -0.380 e. The molecule has 1 heterocycles. The van der Waals surface area contributed by atoms with Crippen LogP contribution >= 0.6 is 11.8 Å². The molecule has 0 aromatic rings. The zero-order chi connectivity index (χ0) is 13.4. The van der Waals surface area contributed by atoms with Crippen LogP contribution in [0.2, 0.25) is 0 Å². The first-order valence-corrected chi connectivity index (χ1v) is 8.82. The van der Waals surface area contributed by atoms with Crippen LogP contribution in [0.4, 0.5) is 0 Å². The lowest BCUT2D eigenvalue weighted by Crippen LogP contribution is -2.37.